The molecule has 5 heteroatoms. The number of nitrogens with two attached hydrogens (primary N) is 1. The SMILES string of the molecule is COCc1ccc(C(=O)N(CCN)CCc2ccccc2)o1. The summed E-state index contributed by atoms with van der Waals surface area (Å²) in [5.41, 5.74) is 6.81. The van der Waals surface area contributed by atoms with Gasteiger partial charge in [-0.25, -0.2) is 0 Å². The average molecular weight is 302 g/mol. The number of rotatable bonds is 8. The molecule has 2 rings (SSSR count). The molecule has 1 heterocycles. The van der Waals surface area contributed by atoms with Crippen LogP contribution in [0.15, 0.2) is 46.9 Å². The third-order valence-electron chi connectivity index (χ3n) is 3.36. The molecular formula is C17H22N2O3. The molecule has 5 nitrogen and oxygen atoms in total. The Hall–Kier alpha value is -2.11. The summed E-state index contributed by atoms with van der Waals surface area (Å²) < 4.78 is 10.5. The summed E-state index contributed by atoms with van der Waals surface area (Å²) in [5, 5.41) is 0. The minimum absolute atomic E-state index is 0.135. The quantitative estimate of drug-likeness (QED) is 0.810. The first-order valence-corrected chi connectivity index (χ1v) is 7.35. The van der Waals surface area contributed by atoms with Gasteiger partial charge in [0, 0.05) is 26.7 Å². The number of carbonyl (C=O) groups excluding carboxylic acids is 1. The molecule has 22 heavy (non-hydrogen) atoms. The first-order valence-electron chi connectivity index (χ1n) is 7.35. The van der Waals surface area contributed by atoms with Gasteiger partial charge in [0.25, 0.3) is 5.91 Å². The van der Waals surface area contributed by atoms with E-state index in [0.29, 0.717) is 37.8 Å². The zero-order chi connectivity index (χ0) is 15.8. The van der Waals surface area contributed by atoms with Crippen LogP contribution >= 0.6 is 0 Å². The Labute approximate surface area is 130 Å². The molecule has 0 aliphatic rings. The molecule has 0 spiro atoms. The van der Waals surface area contributed by atoms with Crippen LogP contribution in [0.4, 0.5) is 0 Å². The largest absolute Gasteiger partial charge is 0.453 e. The van der Waals surface area contributed by atoms with Crippen LogP contribution in [0, 0.1) is 0 Å². The van der Waals surface area contributed by atoms with Crippen molar-refractivity contribution in [3.8, 4) is 0 Å². The van der Waals surface area contributed by atoms with Gasteiger partial charge in [0.15, 0.2) is 5.76 Å². The van der Waals surface area contributed by atoms with Gasteiger partial charge >= 0.3 is 0 Å². The Balaban J connectivity index is 2.00. The van der Waals surface area contributed by atoms with E-state index in [2.05, 4.69) is 12.1 Å². The maximum absolute atomic E-state index is 12.5. The van der Waals surface area contributed by atoms with E-state index in [9.17, 15) is 4.79 Å². The molecule has 0 aliphatic carbocycles. The molecule has 1 amide bonds. The zero-order valence-electron chi connectivity index (χ0n) is 12.8. The van der Waals surface area contributed by atoms with Crippen molar-refractivity contribution in [3.05, 3.63) is 59.5 Å². The van der Waals surface area contributed by atoms with Crippen molar-refractivity contribution in [2.45, 2.75) is 13.0 Å². The van der Waals surface area contributed by atoms with Crippen LogP contribution in [-0.2, 0) is 17.8 Å². The first kappa shape index (κ1) is 16.3. The van der Waals surface area contributed by atoms with E-state index in [1.54, 1.807) is 24.1 Å². The second kappa shape index (κ2) is 8.36. The van der Waals surface area contributed by atoms with Crippen molar-refractivity contribution in [2.24, 2.45) is 5.73 Å². The maximum Gasteiger partial charge on any atom is 0.289 e. The summed E-state index contributed by atoms with van der Waals surface area (Å²) in [7, 11) is 1.59. The van der Waals surface area contributed by atoms with E-state index in [1.165, 1.54) is 5.56 Å². The van der Waals surface area contributed by atoms with E-state index in [4.69, 9.17) is 14.9 Å². The molecule has 0 aliphatic heterocycles. The summed E-state index contributed by atoms with van der Waals surface area (Å²) >= 11 is 0. The lowest BCUT2D eigenvalue weighted by Gasteiger charge is -2.21. The van der Waals surface area contributed by atoms with Gasteiger partial charge in [-0.05, 0) is 24.1 Å². The van der Waals surface area contributed by atoms with Crippen LogP contribution in [0.3, 0.4) is 0 Å². The van der Waals surface area contributed by atoms with Crippen molar-refractivity contribution >= 4 is 5.91 Å². The van der Waals surface area contributed by atoms with Gasteiger partial charge in [0.05, 0.1) is 0 Å². The highest BCUT2D eigenvalue weighted by atomic mass is 16.5. The molecule has 118 valence electrons. The molecule has 0 radical (unpaired) electrons. The summed E-state index contributed by atoms with van der Waals surface area (Å²) in [6, 6.07) is 13.5. The third kappa shape index (κ3) is 4.44. The van der Waals surface area contributed by atoms with Gasteiger partial charge < -0.3 is 19.8 Å². The number of hydrogen-bond acceptors (Lipinski definition) is 4. The summed E-state index contributed by atoms with van der Waals surface area (Å²) in [4.78, 5) is 14.2. The van der Waals surface area contributed by atoms with Crippen LogP contribution in [0.25, 0.3) is 0 Å². The second-order valence-electron chi connectivity index (χ2n) is 5.02. The highest BCUT2D eigenvalue weighted by Gasteiger charge is 2.18. The Bertz CT molecular complexity index is 581. The number of amides is 1. The van der Waals surface area contributed by atoms with Crippen LogP contribution in [-0.4, -0.2) is 37.6 Å². The number of methoxy groups -OCH3 is 1. The molecule has 2 aromatic rings. The van der Waals surface area contributed by atoms with Crippen LogP contribution in [0.2, 0.25) is 0 Å². The lowest BCUT2D eigenvalue weighted by Crippen LogP contribution is -2.36. The first-order chi connectivity index (χ1) is 10.7. The van der Waals surface area contributed by atoms with E-state index < -0.39 is 0 Å². The molecule has 1 aromatic carbocycles. The fraction of sp³-hybridized carbons (Fsp3) is 0.353. The van der Waals surface area contributed by atoms with Crippen molar-refractivity contribution in [1.82, 2.24) is 4.90 Å². The number of nitrogens with zero attached hydrogens (tertiary/aromatic N) is 1. The average Bonchev–Trinajstić information content (AvgIpc) is 3.01. The van der Waals surface area contributed by atoms with Gasteiger partial charge in [0.2, 0.25) is 0 Å². The maximum atomic E-state index is 12.5. The molecule has 1 aromatic heterocycles. The summed E-state index contributed by atoms with van der Waals surface area (Å²) in [5.74, 6) is 0.832. The predicted molar refractivity (Wildman–Crippen MR) is 84.5 cm³/mol. The smallest absolute Gasteiger partial charge is 0.289 e. The molecule has 0 saturated carbocycles. The van der Waals surface area contributed by atoms with Gasteiger partial charge in [-0.3, -0.25) is 4.79 Å². The van der Waals surface area contributed by atoms with Crippen molar-refractivity contribution in [3.63, 3.8) is 0 Å². The van der Waals surface area contributed by atoms with E-state index in [1.807, 2.05) is 18.2 Å². The number of furan rings is 1. The topological polar surface area (TPSA) is 68.7 Å². The number of benzene rings is 1. The zero-order valence-corrected chi connectivity index (χ0v) is 12.8. The van der Waals surface area contributed by atoms with Crippen LogP contribution in [0.1, 0.15) is 21.9 Å². The van der Waals surface area contributed by atoms with Crippen LogP contribution < -0.4 is 5.73 Å². The Morgan fingerprint density at radius 3 is 2.64 bits per heavy atom. The molecule has 0 atom stereocenters. The Morgan fingerprint density at radius 1 is 1.18 bits per heavy atom. The third-order valence-corrected chi connectivity index (χ3v) is 3.36. The molecule has 0 fully saturated rings. The Morgan fingerprint density at radius 2 is 1.95 bits per heavy atom. The fourth-order valence-corrected chi connectivity index (χ4v) is 2.25. The van der Waals surface area contributed by atoms with Gasteiger partial charge in [0.1, 0.15) is 12.4 Å². The van der Waals surface area contributed by atoms with Crippen molar-refractivity contribution < 1.29 is 13.9 Å². The standard InChI is InChI=1S/C17H22N2O3/c1-21-13-15-7-8-16(22-15)17(20)19(12-10-18)11-9-14-5-3-2-4-6-14/h2-8H,9-13,18H2,1H3. The summed E-state index contributed by atoms with van der Waals surface area (Å²) in [6.07, 6.45) is 0.790. The molecule has 0 bridgehead atoms. The normalized spacial score (nSPS) is 10.6. The minimum Gasteiger partial charge on any atom is -0.453 e. The van der Waals surface area contributed by atoms with Gasteiger partial charge in [-0.1, -0.05) is 30.3 Å². The van der Waals surface area contributed by atoms with Crippen molar-refractivity contribution in [2.75, 3.05) is 26.7 Å². The van der Waals surface area contributed by atoms with Gasteiger partial charge in [-0.2, -0.15) is 0 Å². The van der Waals surface area contributed by atoms with Crippen LogP contribution in [0.5, 0.6) is 0 Å². The lowest BCUT2D eigenvalue weighted by molar-refractivity contribution is 0.0722. The predicted octanol–water partition coefficient (Wildman–Crippen LogP) is 2.07. The summed E-state index contributed by atoms with van der Waals surface area (Å²) in [6.45, 7) is 1.90. The molecular weight excluding hydrogens is 280 g/mol. The van der Waals surface area contributed by atoms with Crippen molar-refractivity contribution in [1.29, 1.82) is 0 Å². The van der Waals surface area contributed by atoms with E-state index in [-0.39, 0.29) is 5.91 Å². The highest BCUT2D eigenvalue weighted by Crippen LogP contribution is 2.12. The van der Waals surface area contributed by atoms with Gasteiger partial charge in [-0.15, -0.1) is 0 Å². The Kier molecular flexibility index (Phi) is 6.18. The highest BCUT2D eigenvalue weighted by molar-refractivity contribution is 5.91. The number of hydrogen-bond donors (Lipinski definition) is 1. The minimum atomic E-state index is -0.135. The molecule has 2 N–H and O–H groups in total. The fourth-order valence-electron chi connectivity index (χ4n) is 2.25. The van der Waals surface area contributed by atoms with E-state index in [0.717, 1.165) is 6.42 Å². The van der Waals surface area contributed by atoms with E-state index >= 15 is 0 Å². The number of ether oxygens (including phenoxy) is 1. The molecule has 0 saturated heterocycles. The second-order valence-corrected chi connectivity index (χ2v) is 5.02. The molecule has 0 unspecified atom stereocenters. The monoisotopic (exact) mass is 302 g/mol. The lowest BCUT2D eigenvalue weighted by atomic mass is 10.1. The number of carbonyl (C=O) groups is 1.